The van der Waals surface area contributed by atoms with Crippen LogP contribution >= 0.6 is 11.6 Å². The third-order valence-corrected chi connectivity index (χ3v) is 8.17. The van der Waals surface area contributed by atoms with Crippen LogP contribution in [0.1, 0.15) is 0 Å². The first-order valence-corrected chi connectivity index (χ1v) is 12.1. The highest BCUT2D eigenvalue weighted by Crippen LogP contribution is 2.29. The van der Waals surface area contributed by atoms with Crippen LogP contribution in [0, 0.1) is 0 Å². The Morgan fingerprint density at radius 2 is 1.59 bits per heavy atom. The average Bonchev–Trinajstić information content (AvgIpc) is 2.68. The fourth-order valence-electron chi connectivity index (χ4n) is 2.94. The Kier molecular flexibility index (Phi) is 6.39. The molecule has 0 aliphatic carbocycles. The molecule has 0 aromatic heterocycles. The molecule has 1 N–H and O–H groups in total. The van der Waals surface area contributed by atoms with E-state index in [0.717, 1.165) is 0 Å². The van der Waals surface area contributed by atoms with Crippen molar-refractivity contribution in [3.63, 3.8) is 0 Å². The fraction of sp³-hybridized carbons (Fsp3) is 0.333. The van der Waals surface area contributed by atoms with Crippen molar-refractivity contribution in [1.29, 1.82) is 0 Å². The summed E-state index contributed by atoms with van der Waals surface area (Å²) in [4.78, 5) is 2.07. The molecule has 1 heterocycles. The van der Waals surface area contributed by atoms with Crippen molar-refractivity contribution in [1.82, 2.24) is 9.21 Å². The van der Waals surface area contributed by atoms with Gasteiger partial charge in [0.05, 0.1) is 12.0 Å². The number of rotatable bonds is 6. The smallest absolute Gasteiger partial charge is 0.265 e. The predicted molar refractivity (Wildman–Crippen MR) is 112 cm³/mol. The third kappa shape index (κ3) is 4.84. The quantitative estimate of drug-likeness (QED) is 0.710. The first-order chi connectivity index (χ1) is 13.6. The summed E-state index contributed by atoms with van der Waals surface area (Å²) in [6.45, 7) is 2.17. The second-order valence-electron chi connectivity index (χ2n) is 6.63. The van der Waals surface area contributed by atoms with Crippen LogP contribution in [-0.4, -0.2) is 66.4 Å². The van der Waals surface area contributed by atoms with Crippen LogP contribution in [0.3, 0.4) is 0 Å². The number of likely N-dealkylation sites (N-methyl/N-ethyl adjacent to an activating group) is 1. The molecule has 0 saturated carbocycles. The number of hydrogen-bond acceptors (Lipinski definition) is 6. The van der Waals surface area contributed by atoms with Gasteiger partial charge in [0.15, 0.2) is 0 Å². The molecule has 0 atom stereocenters. The van der Waals surface area contributed by atoms with E-state index in [9.17, 15) is 16.8 Å². The van der Waals surface area contributed by atoms with Crippen molar-refractivity contribution >= 4 is 37.3 Å². The van der Waals surface area contributed by atoms with Crippen molar-refractivity contribution in [2.75, 3.05) is 45.1 Å². The zero-order valence-corrected chi connectivity index (χ0v) is 18.4. The van der Waals surface area contributed by atoms with Crippen LogP contribution in [0.15, 0.2) is 52.3 Å². The molecule has 158 valence electrons. The number of piperazine rings is 1. The number of hydrogen-bond donors (Lipinski definition) is 1. The Morgan fingerprint density at radius 1 is 0.966 bits per heavy atom. The standard InChI is InChI=1S/C18H22ClN3O5S2/c1-21-9-11-22(12-10-21)29(25,26)16-6-4-15(5-7-16)20-28(23,24)18-13-14(19)3-8-17(18)27-2/h3-8,13,20H,9-12H2,1-2H3. The Bertz CT molecular complexity index is 1080. The zero-order valence-electron chi connectivity index (χ0n) is 16.0. The Balaban J connectivity index is 1.81. The Morgan fingerprint density at radius 3 is 2.17 bits per heavy atom. The number of anilines is 1. The lowest BCUT2D eigenvalue weighted by Crippen LogP contribution is -2.46. The number of benzene rings is 2. The summed E-state index contributed by atoms with van der Waals surface area (Å²) in [6.07, 6.45) is 0. The van der Waals surface area contributed by atoms with Gasteiger partial charge in [-0.05, 0) is 49.5 Å². The highest BCUT2D eigenvalue weighted by atomic mass is 35.5. The molecular formula is C18H22ClN3O5S2. The summed E-state index contributed by atoms with van der Waals surface area (Å²) in [5, 5.41) is 0.250. The maximum Gasteiger partial charge on any atom is 0.265 e. The van der Waals surface area contributed by atoms with Gasteiger partial charge < -0.3 is 9.64 Å². The SMILES string of the molecule is COc1ccc(Cl)cc1S(=O)(=O)Nc1ccc(S(=O)(=O)N2CCN(C)CC2)cc1. The molecule has 1 aliphatic rings. The van der Waals surface area contributed by atoms with Gasteiger partial charge >= 0.3 is 0 Å². The summed E-state index contributed by atoms with van der Waals surface area (Å²) >= 11 is 5.91. The van der Waals surface area contributed by atoms with E-state index in [0.29, 0.717) is 26.2 Å². The summed E-state index contributed by atoms with van der Waals surface area (Å²) in [5.41, 5.74) is 0.226. The van der Waals surface area contributed by atoms with Gasteiger partial charge in [-0.3, -0.25) is 4.72 Å². The van der Waals surface area contributed by atoms with Crippen LogP contribution < -0.4 is 9.46 Å². The monoisotopic (exact) mass is 459 g/mol. The molecule has 0 unspecified atom stereocenters. The number of methoxy groups -OCH3 is 1. The Hall–Kier alpha value is -1.85. The molecule has 2 aromatic carbocycles. The minimum atomic E-state index is -3.98. The van der Waals surface area contributed by atoms with Gasteiger partial charge in [-0.1, -0.05) is 11.6 Å². The lowest BCUT2D eigenvalue weighted by Gasteiger charge is -2.31. The molecular weight excluding hydrogens is 438 g/mol. The first kappa shape index (κ1) is 21.8. The van der Waals surface area contributed by atoms with E-state index in [4.69, 9.17) is 16.3 Å². The summed E-state index contributed by atoms with van der Waals surface area (Å²) in [7, 11) is -4.30. The van der Waals surface area contributed by atoms with Gasteiger partial charge in [-0.25, -0.2) is 16.8 Å². The number of nitrogens with zero attached hydrogens (tertiary/aromatic N) is 2. The van der Waals surface area contributed by atoms with Gasteiger partial charge in [0, 0.05) is 36.9 Å². The van der Waals surface area contributed by atoms with E-state index in [1.54, 1.807) is 0 Å². The summed E-state index contributed by atoms with van der Waals surface area (Å²) in [6, 6.07) is 9.88. The lowest BCUT2D eigenvalue weighted by molar-refractivity contribution is 0.222. The van der Waals surface area contributed by atoms with Gasteiger partial charge in [0.1, 0.15) is 10.6 Å². The highest BCUT2D eigenvalue weighted by Gasteiger charge is 2.27. The molecule has 1 fully saturated rings. The van der Waals surface area contributed by atoms with Gasteiger partial charge in [0.2, 0.25) is 10.0 Å². The van der Waals surface area contributed by atoms with Crippen LogP contribution in [0.5, 0.6) is 5.75 Å². The van der Waals surface area contributed by atoms with Crippen LogP contribution in [0.2, 0.25) is 5.02 Å². The van der Waals surface area contributed by atoms with E-state index in [2.05, 4.69) is 9.62 Å². The molecule has 0 spiro atoms. The summed E-state index contributed by atoms with van der Waals surface area (Å²) in [5.74, 6) is 0.149. The largest absolute Gasteiger partial charge is 0.495 e. The van der Waals surface area contributed by atoms with Crippen molar-refractivity contribution in [2.45, 2.75) is 9.79 Å². The minimum absolute atomic E-state index is 0.110. The molecule has 3 rings (SSSR count). The highest BCUT2D eigenvalue weighted by molar-refractivity contribution is 7.92. The lowest BCUT2D eigenvalue weighted by atomic mass is 10.3. The third-order valence-electron chi connectivity index (χ3n) is 4.62. The number of halogens is 1. The molecule has 0 bridgehead atoms. The molecule has 0 radical (unpaired) electrons. The molecule has 1 saturated heterocycles. The van der Waals surface area contributed by atoms with Crippen LogP contribution in [-0.2, 0) is 20.0 Å². The second-order valence-corrected chi connectivity index (χ2v) is 10.7. The maximum absolute atomic E-state index is 12.8. The molecule has 11 heteroatoms. The topological polar surface area (TPSA) is 96.0 Å². The second kappa shape index (κ2) is 8.49. The van der Waals surface area contributed by atoms with E-state index in [1.807, 2.05) is 7.05 Å². The van der Waals surface area contributed by atoms with Crippen molar-refractivity contribution in [3.8, 4) is 5.75 Å². The Labute approximate surface area is 176 Å². The maximum atomic E-state index is 12.8. The van der Waals surface area contributed by atoms with Gasteiger partial charge in [-0.15, -0.1) is 0 Å². The van der Waals surface area contributed by atoms with Gasteiger partial charge in [-0.2, -0.15) is 4.31 Å². The molecule has 0 amide bonds. The number of nitrogens with one attached hydrogen (secondary N) is 1. The average molecular weight is 460 g/mol. The predicted octanol–water partition coefficient (Wildman–Crippen LogP) is 2.09. The van der Waals surface area contributed by atoms with E-state index in [1.165, 1.54) is 53.9 Å². The summed E-state index contributed by atoms with van der Waals surface area (Å²) < 4.78 is 59.9. The first-order valence-electron chi connectivity index (χ1n) is 8.78. The zero-order chi connectivity index (χ0) is 21.2. The van der Waals surface area contributed by atoms with Crippen molar-refractivity contribution in [2.24, 2.45) is 0 Å². The van der Waals surface area contributed by atoms with E-state index in [-0.39, 0.29) is 26.3 Å². The van der Waals surface area contributed by atoms with E-state index < -0.39 is 20.0 Å². The van der Waals surface area contributed by atoms with Crippen molar-refractivity contribution in [3.05, 3.63) is 47.5 Å². The van der Waals surface area contributed by atoms with Crippen LogP contribution in [0.4, 0.5) is 5.69 Å². The molecule has 8 nitrogen and oxygen atoms in total. The minimum Gasteiger partial charge on any atom is -0.495 e. The normalized spacial score (nSPS) is 16.5. The number of sulfonamides is 2. The fourth-order valence-corrected chi connectivity index (χ4v) is 5.86. The number of ether oxygens (including phenoxy) is 1. The molecule has 29 heavy (non-hydrogen) atoms. The van der Waals surface area contributed by atoms with Gasteiger partial charge in [0.25, 0.3) is 10.0 Å². The molecule has 1 aliphatic heterocycles. The van der Waals surface area contributed by atoms with Crippen LogP contribution in [0.25, 0.3) is 0 Å². The molecule has 2 aromatic rings. The van der Waals surface area contributed by atoms with Crippen molar-refractivity contribution < 1.29 is 21.6 Å². The van der Waals surface area contributed by atoms with E-state index >= 15 is 0 Å².